The number of unbranched alkanes of at least 4 members (excludes halogenated alkanes) is 10. The molecule has 0 aliphatic heterocycles. The van der Waals surface area contributed by atoms with Crippen molar-refractivity contribution in [1.29, 1.82) is 0 Å². The molecule has 0 spiro atoms. The summed E-state index contributed by atoms with van der Waals surface area (Å²) in [6, 6.07) is 0. The van der Waals surface area contributed by atoms with E-state index in [1.54, 1.807) is 0 Å². The predicted octanol–water partition coefficient (Wildman–Crippen LogP) is 3.83. The Kier molecular flexibility index (Phi) is 14.7. The minimum absolute atomic E-state index is 0. The van der Waals surface area contributed by atoms with E-state index in [-0.39, 0.29) is 35.3 Å². The van der Waals surface area contributed by atoms with E-state index in [9.17, 15) is 13.5 Å². The van der Waals surface area contributed by atoms with Gasteiger partial charge in [0.05, 0.1) is 5.75 Å². The van der Waals surface area contributed by atoms with Crippen molar-refractivity contribution in [3.8, 4) is 11.8 Å². The van der Waals surface area contributed by atoms with E-state index in [0.29, 0.717) is 6.42 Å². The van der Waals surface area contributed by atoms with E-state index in [0.717, 1.165) is 57.8 Å². The van der Waals surface area contributed by atoms with Gasteiger partial charge in [0.25, 0.3) is 10.1 Å². The quantitative estimate of drug-likeness (QED) is 0.233. The van der Waals surface area contributed by atoms with Crippen LogP contribution in [0.5, 0.6) is 0 Å². The first kappa shape index (κ1) is 25.4. The van der Waals surface area contributed by atoms with E-state index >= 15 is 0 Å². The molecular weight excluding hydrogens is 347 g/mol. The van der Waals surface area contributed by atoms with Gasteiger partial charge >= 0.3 is 29.6 Å². The monoisotopic (exact) mass is 382 g/mol. The summed E-state index contributed by atoms with van der Waals surface area (Å²) in [5, 5.41) is 10.1. The van der Waals surface area contributed by atoms with Crippen LogP contribution in [0.3, 0.4) is 0 Å². The van der Waals surface area contributed by atoms with Gasteiger partial charge in [-0.3, -0.25) is 4.55 Å². The summed E-state index contributed by atoms with van der Waals surface area (Å²) < 4.78 is 29.7. The van der Waals surface area contributed by atoms with E-state index < -0.39 is 15.7 Å². The van der Waals surface area contributed by atoms with Crippen molar-refractivity contribution in [3.63, 3.8) is 0 Å². The third kappa shape index (κ3) is 15.2. The van der Waals surface area contributed by atoms with Crippen molar-refractivity contribution in [2.24, 2.45) is 0 Å². The van der Waals surface area contributed by atoms with Crippen LogP contribution in [0.25, 0.3) is 0 Å². The standard InChI is InChI=1S/C19H34O4S.Na.H/c20-19(16-12-13-17-19)15-11-9-7-5-3-1-2-4-6-8-10-14-18-24(21,22)23;;/h20H,1-10,12-14,16-18H2,(H,21,22,23);;. The van der Waals surface area contributed by atoms with Gasteiger partial charge < -0.3 is 5.11 Å². The van der Waals surface area contributed by atoms with Crippen molar-refractivity contribution in [2.45, 2.75) is 102 Å². The third-order valence-corrected chi connectivity index (χ3v) is 5.51. The summed E-state index contributed by atoms with van der Waals surface area (Å²) in [6.07, 6.45) is 15.7. The van der Waals surface area contributed by atoms with Crippen molar-refractivity contribution < 1.29 is 18.1 Å². The summed E-state index contributed by atoms with van der Waals surface area (Å²) in [5.41, 5.74) is -0.679. The van der Waals surface area contributed by atoms with Crippen LogP contribution in [-0.4, -0.2) is 59.0 Å². The Morgan fingerprint density at radius 1 is 0.800 bits per heavy atom. The molecule has 0 unspecified atom stereocenters. The van der Waals surface area contributed by atoms with E-state index in [1.807, 2.05) is 0 Å². The molecule has 0 radical (unpaired) electrons. The molecule has 0 heterocycles. The van der Waals surface area contributed by atoms with Crippen LogP contribution in [0.15, 0.2) is 0 Å². The predicted molar refractivity (Wildman–Crippen MR) is 106 cm³/mol. The second kappa shape index (κ2) is 14.5. The van der Waals surface area contributed by atoms with Gasteiger partial charge in [-0.15, -0.1) is 5.92 Å². The van der Waals surface area contributed by atoms with Crippen molar-refractivity contribution in [3.05, 3.63) is 0 Å². The number of rotatable bonds is 12. The molecule has 0 aromatic heterocycles. The number of aliphatic hydroxyl groups is 1. The van der Waals surface area contributed by atoms with Gasteiger partial charge in [0.1, 0.15) is 5.60 Å². The molecule has 6 heteroatoms. The number of hydrogen-bond acceptors (Lipinski definition) is 3. The fourth-order valence-corrected chi connectivity index (χ4v) is 3.79. The first-order valence-electron chi connectivity index (χ1n) is 9.59. The molecule has 0 bridgehead atoms. The van der Waals surface area contributed by atoms with Crippen LogP contribution in [-0.2, 0) is 10.1 Å². The average Bonchev–Trinajstić information content (AvgIpc) is 2.93. The molecule has 1 saturated carbocycles. The van der Waals surface area contributed by atoms with Crippen molar-refractivity contribution in [1.82, 2.24) is 0 Å². The minimum atomic E-state index is -3.77. The maximum atomic E-state index is 10.5. The Bertz CT molecular complexity index is 487. The molecule has 1 aliphatic carbocycles. The summed E-state index contributed by atoms with van der Waals surface area (Å²) in [5.74, 6) is 6.10. The molecule has 1 fully saturated rings. The van der Waals surface area contributed by atoms with Gasteiger partial charge in [0.2, 0.25) is 0 Å². The summed E-state index contributed by atoms with van der Waals surface area (Å²) in [6.45, 7) is 0. The van der Waals surface area contributed by atoms with Crippen LogP contribution in [0.1, 0.15) is 96.3 Å². The molecule has 0 aromatic rings. The van der Waals surface area contributed by atoms with Crippen LogP contribution < -0.4 is 0 Å². The molecule has 142 valence electrons. The van der Waals surface area contributed by atoms with Gasteiger partial charge in [-0.25, -0.2) is 0 Å². The molecule has 0 aromatic carbocycles. The Hall–Kier alpha value is 0.430. The summed E-state index contributed by atoms with van der Waals surface area (Å²) in [7, 11) is -3.77. The summed E-state index contributed by atoms with van der Waals surface area (Å²) >= 11 is 0. The summed E-state index contributed by atoms with van der Waals surface area (Å²) in [4.78, 5) is 0. The zero-order valence-electron chi connectivity index (χ0n) is 14.9. The normalized spacial score (nSPS) is 16.1. The zero-order valence-corrected chi connectivity index (χ0v) is 15.7. The SMILES string of the molecule is O=S(=O)(O)CCCCCCCCCCCCC#CC1(O)CCCC1.[NaH]. The first-order valence-corrected chi connectivity index (χ1v) is 11.2. The second-order valence-corrected chi connectivity index (χ2v) is 8.68. The Morgan fingerprint density at radius 3 is 1.72 bits per heavy atom. The molecule has 2 N–H and O–H groups in total. The molecule has 25 heavy (non-hydrogen) atoms. The fourth-order valence-electron chi connectivity index (χ4n) is 3.22. The van der Waals surface area contributed by atoms with Crippen LogP contribution in [0, 0.1) is 11.8 Å². The Labute approximate surface area is 176 Å². The molecule has 0 saturated heterocycles. The molecule has 4 nitrogen and oxygen atoms in total. The zero-order chi connectivity index (χ0) is 17.7. The molecular formula is C19H35NaO4S. The van der Waals surface area contributed by atoms with Crippen molar-refractivity contribution in [2.75, 3.05) is 5.75 Å². The van der Waals surface area contributed by atoms with Crippen LogP contribution >= 0.6 is 0 Å². The fraction of sp³-hybridized carbons (Fsp3) is 0.895. The van der Waals surface area contributed by atoms with Crippen LogP contribution in [0.4, 0.5) is 0 Å². The molecule has 1 aliphatic rings. The van der Waals surface area contributed by atoms with Crippen molar-refractivity contribution >= 4 is 39.7 Å². The topological polar surface area (TPSA) is 74.6 Å². The third-order valence-electron chi connectivity index (χ3n) is 4.71. The molecule has 1 rings (SSSR count). The maximum absolute atomic E-state index is 10.5. The second-order valence-electron chi connectivity index (χ2n) is 7.11. The van der Waals surface area contributed by atoms with E-state index in [2.05, 4.69) is 11.8 Å². The van der Waals surface area contributed by atoms with Crippen LogP contribution in [0.2, 0.25) is 0 Å². The van der Waals surface area contributed by atoms with Gasteiger partial charge in [-0.05, 0) is 38.5 Å². The van der Waals surface area contributed by atoms with Gasteiger partial charge in [0.15, 0.2) is 0 Å². The number of hydrogen-bond donors (Lipinski definition) is 2. The molecule has 0 atom stereocenters. The van der Waals surface area contributed by atoms with Gasteiger partial charge in [-0.1, -0.05) is 57.3 Å². The first-order chi connectivity index (χ1) is 11.4. The average molecular weight is 383 g/mol. The molecule has 0 amide bonds. The Morgan fingerprint density at radius 2 is 1.24 bits per heavy atom. The van der Waals surface area contributed by atoms with Gasteiger partial charge in [-0.2, -0.15) is 8.42 Å². The Balaban J connectivity index is 0.00000576. The van der Waals surface area contributed by atoms with E-state index in [4.69, 9.17) is 4.55 Å². The van der Waals surface area contributed by atoms with Gasteiger partial charge in [0, 0.05) is 6.42 Å². The van der Waals surface area contributed by atoms with E-state index in [1.165, 1.54) is 32.1 Å².